The van der Waals surface area contributed by atoms with Gasteiger partial charge in [0.15, 0.2) is 0 Å². The summed E-state index contributed by atoms with van der Waals surface area (Å²) >= 11 is 0. The van der Waals surface area contributed by atoms with E-state index in [1.807, 2.05) is 17.1 Å². The van der Waals surface area contributed by atoms with Crippen LogP contribution in [0.4, 0.5) is 0 Å². The van der Waals surface area contributed by atoms with Crippen molar-refractivity contribution in [2.75, 3.05) is 13.1 Å². The van der Waals surface area contributed by atoms with E-state index in [0.29, 0.717) is 0 Å². The monoisotopic (exact) mass is 375 g/mol. The zero-order valence-corrected chi connectivity index (χ0v) is 18.1. The lowest BCUT2D eigenvalue weighted by Crippen LogP contribution is -2.34. The van der Waals surface area contributed by atoms with Crippen molar-refractivity contribution < 1.29 is 4.79 Å². The van der Waals surface area contributed by atoms with Gasteiger partial charge in [0.05, 0.1) is 0 Å². The summed E-state index contributed by atoms with van der Waals surface area (Å²) in [7, 11) is 0. The molecule has 2 heteroatoms. The number of carbonyl (C=O) groups is 1. The molecule has 1 amide bonds. The van der Waals surface area contributed by atoms with Gasteiger partial charge in [-0.25, -0.2) is 0 Å². The van der Waals surface area contributed by atoms with Crippen LogP contribution in [0.15, 0.2) is 24.3 Å². The molecule has 1 heterocycles. The van der Waals surface area contributed by atoms with E-state index in [4.69, 9.17) is 0 Å². The van der Waals surface area contributed by atoms with E-state index in [1.165, 1.54) is 89.9 Å². The molecule has 0 aromatic carbocycles. The van der Waals surface area contributed by atoms with Crippen LogP contribution >= 0.6 is 0 Å². The lowest BCUT2D eigenvalue weighted by molar-refractivity contribution is -0.126. The zero-order valence-electron chi connectivity index (χ0n) is 18.1. The number of hydrogen-bond acceptors (Lipinski definition) is 1. The minimum atomic E-state index is 0.181. The highest BCUT2D eigenvalue weighted by atomic mass is 16.2. The van der Waals surface area contributed by atoms with Gasteiger partial charge in [0.25, 0.3) is 0 Å². The SMILES string of the molecule is CCCCCCCCCCCCCCCC=CC=CC(=O)N1CCCCC1. The number of piperidine rings is 1. The summed E-state index contributed by atoms with van der Waals surface area (Å²) in [6.45, 7) is 4.16. The Morgan fingerprint density at radius 1 is 0.704 bits per heavy atom. The van der Waals surface area contributed by atoms with Gasteiger partial charge in [0.1, 0.15) is 0 Å². The molecule has 0 radical (unpaired) electrons. The molecule has 0 unspecified atom stereocenters. The second-order valence-electron chi connectivity index (χ2n) is 8.20. The lowest BCUT2D eigenvalue weighted by atomic mass is 10.0. The van der Waals surface area contributed by atoms with Crippen LogP contribution < -0.4 is 0 Å². The highest BCUT2D eigenvalue weighted by molar-refractivity contribution is 5.87. The van der Waals surface area contributed by atoms with Gasteiger partial charge in [0.2, 0.25) is 5.91 Å². The largest absolute Gasteiger partial charge is 0.339 e. The van der Waals surface area contributed by atoms with E-state index in [2.05, 4.69) is 13.0 Å². The van der Waals surface area contributed by atoms with E-state index >= 15 is 0 Å². The summed E-state index contributed by atoms with van der Waals surface area (Å²) in [5.41, 5.74) is 0. The van der Waals surface area contributed by atoms with Crippen LogP contribution in [0, 0.1) is 0 Å². The number of likely N-dealkylation sites (tertiary alicyclic amines) is 1. The number of carbonyl (C=O) groups excluding carboxylic acids is 1. The van der Waals surface area contributed by atoms with Gasteiger partial charge in [-0.15, -0.1) is 0 Å². The predicted octanol–water partition coefficient (Wildman–Crippen LogP) is 7.59. The number of nitrogens with zero attached hydrogens (tertiary/aromatic N) is 1. The first-order chi connectivity index (χ1) is 13.3. The maximum atomic E-state index is 12.0. The van der Waals surface area contributed by atoms with Crippen molar-refractivity contribution in [3.63, 3.8) is 0 Å². The second kappa shape index (κ2) is 18.3. The fourth-order valence-corrected chi connectivity index (χ4v) is 3.81. The third-order valence-electron chi connectivity index (χ3n) is 5.63. The van der Waals surface area contributed by atoms with Crippen LogP contribution in [0.2, 0.25) is 0 Å². The Bertz CT molecular complexity index is 393. The van der Waals surface area contributed by atoms with Gasteiger partial charge in [0, 0.05) is 19.2 Å². The second-order valence-corrected chi connectivity index (χ2v) is 8.20. The average molecular weight is 376 g/mol. The van der Waals surface area contributed by atoms with E-state index in [9.17, 15) is 4.79 Å². The van der Waals surface area contributed by atoms with E-state index in [-0.39, 0.29) is 5.91 Å². The van der Waals surface area contributed by atoms with Gasteiger partial charge in [-0.3, -0.25) is 4.79 Å². The predicted molar refractivity (Wildman–Crippen MR) is 119 cm³/mol. The van der Waals surface area contributed by atoms with Gasteiger partial charge in [-0.05, 0) is 32.1 Å². The van der Waals surface area contributed by atoms with Gasteiger partial charge < -0.3 is 4.90 Å². The molecule has 0 N–H and O–H groups in total. The quantitative estimate of drug-likeness (QED) is 0.154. The molecule has 1 saturated heterocycles. The minimum absolute atomic E-state index is 0.181. The Hall–Kier alpha value is -1.05. The maximum Gasteiger partial charge on any atom is 0.246 e. The number of unbranched alkanes of at least 4 members (excludes halogenated alkanes) is 13. The van der Waals surface area contributed by atoms with Crippen LogP contribution in [0.5, 0.6) is 0 Å². The minimum Gasteiger partial charge on any atom is -0.339 e. The van der Waals surface area contributed by atoms with Gasteiger partial charge >= 0.3 is 0 Å². The zero-order chi connectivity index (χ0) is 19.4. The van der Waals surface area contributed by atoms with Crippen LogP contribution in [-0.2, 0) is 4.79 Å². The Morgan fingerprint density at radius 3 is 1.78 bits per heavy atom. The average Bonchev–Trinajstić information content (AvgIpc) is 2.70. The van der Waals surface area contributed by atoms with E-state index < -0.39 is 0 Å². The summed E-state index contributed by atoms with van der Waals surface area (Å²) in [4.78, 5) is 13.9. The standard InChI is InChI=1S/C25H45NO/c1-2-3-4-5-6-7-8-9-10-11-12-13-14-15-16-17-19-22-25(27)26-23-20-18-21-24-26/h16-17,19,22H,2-15,18,20-21,23-24H2,1H3. The maximum absolute atomic E-state index is 12.0. The van der Waals surface area contributed by atoms with Crippen LogP contribution in [0.25, 0.3) is 0 Å². The highest BCUT2D eigenvalue weighted by Crippen LogP contribution is 2.13. The number of amides is 1. The molecule has 1 aliphatic rings. The molecule has 1 rings (SSSR count). The van der Waals surface area contributed by atoms with Crippen molar-refractivity contribution in [2.45, 2.75) is 116 Å². The van der Waals surface area contributed by atoms with E-state index in [1.54, 1.807) is 6.08 Å². The molecular weight excluding hydrogens is 330 g/mol. The lowest BCUT2D eigenvalue weighted by Gasteiger charge is -2.25. The summed E-state index contributed by atoms with van der Waals surface area (Å²) < 4.78 is 0. The van der Waals surface area contributed by atoms with Crippen LogP contribution in [0.3, 0.4) is 0 Å². The highest BCUT2D eigenvalue weighted by Gasteiger charge is 2.13. The molecule has 1 aliphatic heterocycles. The molecule has 0 spiro atoms. The van der Waals surface area contributed by atoms with Crippen molar-refractivity contribution in [3.8, 4) is 0 Å². The molecule has 0 bridgehead atoms. The Morgan fingerprint density at radius 2 is 1.22 bits per heavy atom. The first-order valence-corrected chi connectivity index (χ1v) is 12.0. The third-order valence-corrected chi connectivity index (χ3v) is 5.63. The molecule has 156 valence electrons. The normalized spacial score (nSPS) is 15.2. The van der Waals surface area contributed by atoms with Crippen LogP contribution in [0.1, 0.15) is 116 Å². The van der Waals surface area contributed by atoms with Crippen molar-refractivity contribution in [3.05, 3.63) is 24.3 Å². The summed E-state index contributed by atoms with van der Waals surface area (Å²) in [5, 5.41) is 0. The van der Waals surface area contributed by atoms with Crippen molar-refractivity contribution in [1.29, 1.82) is 0 Å². The van der Waals surface area contributed by atoms with Gasteiger partial charge in [-0.2, -0.15) is 0 Å². The van der Waals surface area contributed by atoms with Crippen LogP contribution in [-0.4, -0.2) is 23.9 Å². The fourth-order valence-electron chi connectivity index (χ4n) is 3.81. The fraction of sp³-hybridized carbons (Fsp3) is 0.800. The molecule has 0 saturated carbocycles. The smallest absolute Gasteiger partial charge is 0.246 e. The first kappa shape index (κ1) is 24.0. The molecule has 27 heavy (non-hydrogen) atoms. The Labute approximate surface area is 169 Å². The molecule has 0 aliphatic carbocycles. The Balaban J connectivity index is 1.82. The van der Waals surface area contributed by atoms with E-state index in [0.717, 1.165) is 32.4 Å². The topological polar surface area (TPSA) is 20.3 Å². The molecule has 0 aromatic heterocycles. The first-order valence-electron chi connectivity index (χ1n) is 12.0. The Kier molecular flexibility index (Phi) is 16.3. The number of allylic oxidation sites excluding steroid dienone is 3. The summed E-state index contributed by atoms with van der Waals surface area (Å²) in [5.74, 6) is 0.181. The third kappa shape index (κ3) is 14.7. The summed E-state index contributed by atoms with van der Waals surface area (Å²) in [6.07, 6.45) is 30.9. The van der Waals surface area contributed by atoms with Crippen molar-refractivity contribution >= 4 is 5.91 Å². The van der Waals surface area contributed by atoms with Gasteiger partial charge in [-0.1, -0.05) is 102 Å². The molecular formula is C25H45NO. The molecule has 1 fully saturated rings. The molecule has 0 aromatic rings. The van der Waals surface area contributed by atoms with Crippen molar-refractivity contribution in [1.82, 2.24) is 4.90 Å². The molecule has 0 atom stereocenters. The summed E-state index contributed by atoms with van der Waals surface area (Å²) in [6, 6.07) is 0. The number of hydrogen-bond donors (Lipinski definition) is 0. The number of rotatable bonds is 16. The molecule has 2 nitrogen and oxygen atoms in total. The van der Waals surface area contributed by atoms with Crippen molar-refractivity contribution in [2.24, 2.45) is 0 Å².